The fourth-order valence-electron chi connectivity index (χ4n) is 3.84. The summed E-state index contributed by atoms with van der Waals surface area (Å²) in [5.74, 6) is -0.736. The van der Waals surface area contributed by atoms with Crippen molar-refractivity contribution in [3.05, 3.63) is 94.8 Å². The maximum absolute atomic E-state index is 12.5. The Kier molecular flexibility index (Phi) is 9.05. The predicted molar refractivity (Wildman–Crippen MR) is 143 cm³/mol. The molecule has 192 valence electrons. The number of aromatic hydroxyl groups is 1. The third-order valence-electron chi connectivity index (χ3n) is 5.62. The van der Waals surface area contributed by atoms with Crippen LogP contribution in [0.1, 0.15) is 57.6 Å². The Morgan fingerprint density at radius 1 is 1.11 bits per heavy atom. The minimum absolute atomic E-state index is 0. The van der Waals surface area contributed by atoms with E-state index in [0.29, 0.717) is 18.2 Å². The van der Waals surface area contributed by atoms with Gasteiger partial charge in [-0.25, -0.2) is 9.78 Å². The maximum Gasteiger partial charge on any atom is 0.335 e. The van der Waals surface area contributed by atoms with E-state index in [4.69, 9.17) is 19.6 Å². The van der Waals surface area contributed by atoms with E-state index < -0.39 is 11.8 Å². The van der Waals surface area contributed by atoms with Crippen molar-refractivity contribution in [3.63, 3.8) is 0 Å². The van der Waals surface area contributed by atoms with Gasteiger partial charge in [-0.2, -0.15) is 0 Å². The topological polar surface area (TPSA) is 122 Å². The first-order valence-electron chi connectivity index (χ1n) is 11.5. The van der Waals surface area contributed by atoms with E-state index in [-0.39, 0.29) is 42.0 Å². The molecular formula is C28H27ClN2O6. The fraction of sp³-hybridized carbons (Fsp3) is 0.179. The van der Waals surface area contributed by atoms with Crippen LogP contribution in [-0.4, -0.2) is 38.5 Å². The molecule has 0 fully saturated rings. The summed E-state index contributed by atoms with van der Waals surface area (Å²) in [5, 5.41) is 19.0. The van der Waals surface area contributed by atoms with Crippen LogP contribution in [0, 0.1) is 0 Å². The number of rotatable bonds is 10. The Morgan fingerprint density at radius 2 is 1.89 bits per heavy atom. The zero-order chi connectivity index (χ0) is 25.7. The lowest BCUT2D eigenvalue weighted by Gasteiger charge is -2.11. The second kappa shape index (κ2) is 12.2. The zero-order valence-electron chi connectivity index (χ0n) is 20.3. The molecule has 8 nitrogen and oxygen atoms in total. The first kappa shape index (κ1) is 27.4. The van der Waals surface area contributed by atoms with Crippen LogP contribution in [0.15, 0.2) is 66.7 Å². The van der Waals surface area contributed by atoms with Gasteiger partial charge in [-0.15, -0.1) is 12.4 Å². The van der Waals surface area contributed by atoms with Crippen LogP contribution in [0.25, 0.3) is 17.1 Å². The Labute approximate surface area is 220 Å². The standard InChI is InChI=1S/C28H26N2O6.ClH/c1-3-35-17(2)21-8-5-9-23-27(21)30-26(29-23)16-36-20-7-4-6-18(14-20)10-13-24(31)22-12-11-19(28(33)34)15-25(22)32;/h4-15,17,32H,3,16H2,1-2H3,(H,29,30)(H,33,34);1H. The lowest BCUT2D eigenvalue weighted by molar-refractivity contribution is 0.0695. The zero-order valence-corrected chi connectivity index (χ0v) is 21.1. The Balaban J connectivity index is 0.00000380. The number of phenolic OH excluding ortho intramolecular Hbond substituents is 1. The number of hydrogen-bond acceptors (Lipinski definition) is 6. The number of aromatic amines is 1. The van der Waals surface area contributed by atoms with Crippen molar-refractivity contribution in [2.24, 2.45) is 0 Å². The number of aromatic carboxylic acids is 1. The first-order chi connectivity index (χ1) is 17.4. The summed E-state index contributed by atoms with van der Waals surface area (Å²) >= 11 is 0. The molecule has 0 radical (unpaired) electrons. The highest BCUT2D eigenvalue weighted by molar-refractivity contribution is 6.09. The van der Waals surface area contributed by atoms with Gasteiger partial charge in [0.25, 0.3) is 0 Å². The molecule has 4 aromatic rings. The molecule has 0 spiro atoms. The summed E-state index contributed by atoms with van der Waals surface area (Å²) in [7, 11) is 0. The molecule has 0 saturated carbocycles. The van der Waals surface area contributed by atoms with Gasteiger partial charge < -0.3 is 24.7 Å². The van der Waals surface area contributed by atoms with Crippen LogP contribution in [-0.2, 0) is 11.3 Å². The number of halogens is 1. The van der Waals surface area contributed by atoms with E-state index in [9.17, 15) is 14.7 Å². The summed E-state index contributed by atoms with van der Waals surface area (Å²) in [5.41, 5.74) is 3.42. The predicted octanol–water partition coefficient (Wildman–Crippen LogP) is 5.96. The number of phenols is 1. The molecule has 1 heterocycles. The lowest BCUT2D eigenvalue weighted by atomic mass is 10.1. The molecule has 37 heavy (non-hydrogen) atoms. The smallest absolute Gasteiger partial charge is 0.335 e. The van der Waals surface area contributed by atoms with Crippen LogP contribution in [0.4, 0.5) is 0 Å². The second-order valence-corrected chi connectivity index (χ2v) is 8.12. The minimum Gasteiger partial charge on any atom is -0.507 e. The van der Waals surface area contributed by atoms with Crippen molar-refractivity contribution < 1.29 is 29.3 Å². The summed E-state index contributed by atoms with van der Waals surface area (Å²) < 4.78 is 11.6. The number of nitrogens with zero attached hydrogens (tertiary/aromatic N) is 1. The molecule has 4 rings (SSSR count). The summed E-state index contributed by atoms with van der Waals surface area (Å²) in [6.07, 6.45) is 2.84. The molecule has 1 unspecified atom stereocenters. The van der Waals surface area contributed by atoms with Crippen molar-refractivity contribution >= 4 is 41.3 Å². The highest BCUT2D eigenvalue weighted by Crippen LogP contribution is 2.26. The molecule has 9 heteroatoms. The van der Waals surface area contributed by atoms with E-state index in [1.165, 1.54) is 18.2 Å². The number of ether oxygens (including phenoxy) is 2. The number of imidazole rings is 1. The van der Waals surface area contributed by atoms with Crippen molar-refractivity contribution in [3.8, 4) is 11.5 Å². The Morgan fingerprint density at radius 3 is 2.62 bits per heavy atom. The summed E-state index contributed by atoms with van der Waals surface area (Å²) in [6, 6.07) is 16.8. The molecule has 0 aliphatic heterocycles. The molecular weight excluding hydrogens is 496 g/mol. The molecule has 3 aromatic carbocycles. The average Bonchev–Trinajstić information content (AvgIpc) is 3.29. The number of fused-ring (bicyclic) bond motifs is 1. The SMILES string of the molecule is CCOC(C)c1cccc2[nH]c(COc3cccc(C=CC(=O)c4ccc(C(=O)O)cc4O)c3)nc12.Cl. The number of benzene rings is 3. The highest BCUT2D eigenvalue weighted by Gasteiger charge is 2.14. The molecule has 0 saturated heterocycles. The lowest BCUT2D eigenvalue weighted by Crippen LogP contribution is -2.00. The number of ketones is 1. The minimum atomic E-state index is -1.18. The van der Waals surface area contributed by atoms with Crippen LogP contribution in [0.3, 0.4) is 0 Å². The van der Waals surface area contributed by atoms with Crippen LogP contribution >= 0.6 is 12.4 Å². The van der Waals surface area contributed by atoms with E-state index in [2.05, 4.69) is 4.98 Å². The van der Waals surface area contributed by atoms with Crippen LogP contribution in [0.2, 0.25) is 0 Å². The molecule has 0 amide bonds. The number of carboxylic acids is 1. The van der Waals surface area contributed by atoms with Gasteiger partial charge in [0.05, 0.1) is 28.3 Å². The Bertz CT molecular complexity index is 1450. The molecule has 0 bridgehead atoms. The van der Waals surface area contributed by atoms with Crippen molar-refractivity contribution in [2.75, 3.05) is 6.61 Å². The molecule has 0 aliphatic rings. The van der Waals surface area contributed by atoms with Gasteiger partial charge >= 0.3 is 5.97 Å². The van der Waals surface area contributed by atoms with Gasteiger partial charge in [0.1, 0.15) is 23.9 Å². The van der Waals surface area contributed by atoms with E-state index in [1.54, 1.807) is 24.3 Å². The average molecular weight is 523 g/mol. The second-order valence-electron chi connectivity index (χ2n) is 8.12. The van der Waals surface area contributed by atoms with Crippen molar-refractivity contribution in [2.45, 2.75) is 26.6 Å². The highest BCUT2D eigenvalue weighted by atomic mass is 35.5. The third-order valence-corrected chi connectivity index (χ3v) is 5.62. The van der Waals surface area contributed by atoms with Gasteiger partial charge in [-0.3, -0.25) is 4.79 Å². The van der Waals surface area contributed by atoms with E-state index >= 15 is 0 Å². The van der Waals surface area contributed by atoms with Gasteiger partial charge in [0, 0.05) is 12.2 Å². The first-order valence-corrected chi connectivity index (χ1v) is 11.5. The third kappa shape index (κ3) is 6.55. The summed E-state index contributed by atoms with van der Waals surface area (Å²) in [4.78, 5) is 31.4. The molecule has 3 N–H and O–H groups in total. The number of nitrogens with one attached hydrogen (secondary N) is 1. The van der Waals surface area contributed by atoms with E-state index in [1.807, 2.05) is 38.1 Å². The van der Waals surface area contributed by atoms with E-state index in [0.717, 1.165) is 28.2 Å². The molecule has 1 aromatic heterocycles. The number of carbonyl (C=O) groups excluding carboxylic acids is 1. The number of H-pyrrole nitrogens is 1. The number of para-hydroxylation sites is 1. The number of allylic oxidation sites excluding steroid dienone is 1. The number of aromatic nitrogens is 2. The van der Waals surface area contributed by atoms with Gasteiger partial charge in [0.15, 0.2) is 5.78 Å². The maximum atomic E-state index is 12.5. The van der Waals surface area contributed by atoms with Crippen LogP contribution < -0.4 is 4.74 Å². The number of hydrogen-bond donors (Lipinski definition) is 3. The van der Waals surface area contributed by atoms with Gasteiger partial charge in [-0.1, -0.05) is 30.3 Å². The molecule has 0 aliphatic carbocycles. The van der Waals surface area contributed by atoms with Gasteiger partial charge in [-0.05, 0) is 61.9 Å². The largest absolute Gasteiger partial charge is 0.507 e. The summed E-state index contributed by atoms with van der Waals surface area (Å²) in [6.45, 7) is 4.81. The van der Waals surface area contributed by atoms with Crippen molar-refractivity contribution in [1.29, 1.82) is 0 Å². The number of carboxylic acid groups (broad SMARTS) is 1. The normalized spacial score (nSPS) is 11.8. The quantitative estimate of drug-likeness (QED) is 0.173. The van der Waals surface area contributed by atoms with Crippen molar-refractivity contribution in [1.82, 2.24) is 9.97 Å². The monoisotopic (exact) mass is 522 g/mol. The van der Waals surface area contributed by atoms with Gasteiger partial charge in [0.2, 0.25) is 0 Å². The van der Waals surface area contributed by atoms with Crippen LogP contribution in [0.5, 0.6) is 11.5 Å². The Hall–Kier alpha value is -4.14. The fourth-order valence-corrected chi connectivity index (χ4v) is 3.84. The number of carbonyl (C=O) groups is 2. The molecule has 1 atom stereocenters.